The molecule has 1 aromatic heterocycles. The molecule has 0 radical (unpaired) electrons. The van der Waals surface area contributed by atoms with Crippen LogP contribution in [-0.2, 0) is 23.2 Å². The van der Waals surface area contributed by atoms with E-state index in [0.29, 0.717) is 26.2 Å². The van der Waals surface area contributed by atoms with Crippen LogP contribution in [0.3, 0.4) is 0 Å². The Hall–Kier alpha value is -1.89. The van der Waals surface area contributed by atoms with Gasteiger partial charge in [-0.3, -0.25) is 19.2 Å². The van der Waals surface area contributed by atoms with Crippen LogP contribution in [0.2, 0.25) is 0 Å². The first kappa shape index (κ1) is 13.5. The lowest BCUT2D eigenvalue weighted by atomic mass is 10.3. The second kappa shape index (κ2) is 5.83. The van der Waals surface area contributed by atoms with Crippen LogP contribution < -0.4 is 5.32 Å². The maximum absolute atomic E-state index is 12.0. The SMILES string of the molecule is CN(CC(=O)N1CCNC(=O)C1)Cc1cnn(C)c1. The van der Waals surface area contributed by atoms with Gasteiger partial charge in [-0.25, -0.2) is 0 Å². The van der Waals surface area contributed by atoms with Gasteiger partial charge in [0, 0.05) is 38.4 Å². The molecule has 0 saturated carbocycles. The van der Waals surface area contributed by atoms with Crippen molar-refractivity contribution in [3.05, 3.63) is 18.0 Å². The Labute approximate surface area is 112 Å². The topological polar surface area (TPSA) is 70.5 Å². The van der Waals surface area contributed by atoms with Crippen molar-refractivity contribution in [3.8, 4) is 0 Å². The number of nitrogens with zero attached hydrogens (tertiary/aromatic N) is 4. The fraction of sp³-hybridized carbons (Fsp3) is 0.583. The maximum Gasteiger partial charge on any atom is 0.239 e. The molecule has 0 aromatic carbocycles. The summed E-state index contributed by atoms with van der Waals surface area (Å²) in [6.45, 7) is 2.27. The van der Waals surface area contributed by atoms with Crippen LogP contribution >= 0.6 is 0 Å². The zero-order chi connectivity index (χ0) is 13.8. The Morgan fingerprint density at radius 3 is 3.00 bits per heavy atom. The van der Waals surface area contributed by atoms with Gasteiger partial charge in [0.2, 0.25) is 11.8 Å². The monoisotopic (exact) mass is 265 g/mol. The average molecular weight is 265 g/mol. The Bertz CT molecular complexity index is 470. The molecule has 1 aromatic rings. The minimum absolute atomic E-state index is 0.0127. The molecule has 0 unspecified atom stereocenters. The predicted molar refractivity (Wildman–Crippen MR) is 69.1 cm³/mol. The van der Waals surface area contributed by atoms with Crippen molar-refractivity contribution >= 4 is 11.8 Å². The van der Waals surface area contributed by atoms with E-state index in [1.54, 1.807) is 15.8 Å². The van der Waals surface area contributed by atoms with E-state index in [0.717, 1.165) is 5.56 Å². The third-order valence-electron chi connectivity index (χ3n) is 3.01. The molecule has 0 spiro atoms. The first-order valence-corrected chi connectivity index (χ1v) is 6.25. The summed E-state index contributed by atoms with van der Waals surface area (Å²) in [7, 11) is 3.75. The van der Waals surface area contributed by atoms with Gasteiger partial charge < -0.3 is 10.2 Å². The lowest BCUT2D eigenvalue weighted by molar-refractivity contribution is -0.138. The molecule has 19 heavy (non-hydrogen) atoms. The number of aryl methyl sites for hydroxylation is 1. The van der Waals surface area contributed by atoms with Gasteiger partial charge in [0.15, 0.2) is 0 Å². The van der Waals surface area contributed by atoms with Crippen LogP contribution in [0, 0.1) is 0 Å². The summed E-state index contributed by atoms with van der Waals surface area (Å²) in [4.78, 5) is 26.8. The van der Waals surface area contributed by atoms with Gasteiger partial charge in [-0.05, 0) is 7.05 Å². The lowest BCUT2D eigenvalue weighted by Gasteiger charge is -2.28. The maximum atomic E-state index is 12.0. The van der Waals surface area contributed by atoms with E-state index in [9.17, 15) is 9.59 Å². The van der Waals surface area contributed by atoms with Crippen molar-refractivity contribution in [1.82, 2.24) is 24.9 Å². The van der Waals surface area contributed by atoms with E-state index < -0.39 is 0 Å². The number of amides is 2. The summed E-state index contributed by atoms with van der Waals surface area (Å²) in [6.07, 6.45) is 3.71. The zero-order valence-corrected chi connectivity index (χ0v) is 11.3. The van der Waals surface area contributed by atoms with Crippen molar-refractivity contribution in [2.24, 2.45) is 7.05 Å². The molecule has 2 heterocycles. The third kappa shape index (κ3) is 3.78. The first-order chi connectivity index (χ1) is 9.04. The van der Waals surface area contributed by atoms with Gasteiger partial charge in [0.1, 0.15) is 0 Å². The number of carbonyl (C=O) groups excluding carboxylic acids is 2. The highest BCUT2D eigenvalue weighted by Crippen LogP contribution is 2.02. The fourth-order valence-electron chi connectivity index (χ4n) is 2.10. The zero-order valence-electron chi connectivity index (χ0n) is 11.3. The molecule has 1 saturated heterocycles. The normalized spacial score (nSPS) is 15.7. The van der Waals surface area contributed by atoms with Crippen molar-refractivity contribution in [2.45, 2.75) is 6.54 Å². The van der Waals surface area contributed by atoms with E-state index >= 15 is 0 Å². The third-order valence-corrected chi connectivity index (χ3v) is 3.01. The van der Waals surface area contributed by atoms with Gasteiger partial charge in [-0.1, -0.05) is 0 Å². The molecule has 104 valence electrons. The summed E-state index contributed by atoms with van der Waals surface area (Å²) >= 11 is 0. The second-order valence-electron chi connectivity index (χ2n) is 4.86. The van der Waals surface area contributed by atoms with E-state index in [-0.39, 0.29) is 18.4 Å². The van der Waals surface area contributed by atoms with E-state index in [2.05, 4.69) is 10.4 Å². The van der Waals surface area contributed by atoms with Gasteiger partial charge in [-0.2, -0.15) is 5.10 Å². The highest BCUT2D eigenvalue weighted by molar-refractivity contribution is 5.86. The fourth-order valence-corrected chi connectivity index (χ4v) is 2.10. The van der Waals surface area contributed by atoms with Crippen LogP contribution in [-0.4, -0.2) is 64.6 Å². The van der Waals surface area contributed by atoms with Crippen molar-refractivity contribution in [3.63, 3.8) is 0 Å². The molecule has 0 bridgehead atoms. The van der Waals surface area contributed by atoms with Gasteiger partial charge in [0.05, 0.1) is 19.3 Å². The Balaban J connectivity index is 1.82. The number of aromatic nitrogens is 2. The molecular formula is C12H19N5O2. The lowest BCUT2D eigenvalue weighted by Crippen LogP contribution is -2.52. The van der Waals surface area contributed by atoms with Crippen molar-refractivity contribution in [2.75, 3.05) is 33.2 Å². The summed E-state index contributed by atoms with van der Waals surface area (Å²) < 4.78 is 1.74. The molecule has 0 aliphatic carbocycles. The molecule has 7 nitrogen and oxygen atoms in total. The van der Waals surface area contributed by atoms with E-state index in [1.807, 2.05) is 25.2 Å². The van der Waals surface area contributed by atoms with E-state index in [4.69, 9.17) is 0 Å². The highest BCUT2D eigenvalue weighted by atomic mass is 16.2. The molecule has 1 aliphatic heterocycles. The number of carbonyl (C=O) groups is 2. The van der Waals surface area contributed by atoms with Crippen LogP contribution in [0.25, 0.3) is 0 Å². The Kier molecular flexibility index (Phi) is 4.16. The van der Waals surface area contributed by atoms with Crippen molar-refractivity contribution in [1.29, 1.82) is 0 Å². The van der Waals surface area contributed by atoms with Gasteiger partial charge in [-0.15, -0.1) is 0 Å². The second-order valence-corrected chi connectivity index (χ2v) is 4.86. The summed E-state index contributed by atoms with van der Waals surface area (Å²) in [5, 5.41) is 6.80. The van der Waals surface area contributed by atoms with Crippen molar-refractivity contribution < 1.29 is 9.59 Å². The standard InChI is InChI=1S/C12H19N5O2/c1-15(6-10-5-14-16(2)7-10)9-12(19)17-4-3-13-11(18)8-17/h5,7H,3-4,6,8-9H2,1-2H3,(H,13,18). The van der Waals surface area contributed by atoms with Gasteiger partial charge >= 0.3 is 0 Å². The van der Waals surface area contributed by atoms with Crippen LogP contribution in [0.5, 0.6) is 0 Å². The molecule has 2 amide bonds. The molecular weight excluding hydrogens is 246 g/mol. The summed E-state index contributed by atoms with van der Waals surface area (Å²) in [5.74, 6) is -0.101. The van der Waals surface area contributed by atoms with E-state index in [1.165, 1.54) is 0 Å². The largest absolute Gasteiger partial charge is 0.353 e. The number of rotatable bonds is 4. The summed E-state index contributed by atoms with van der Waals surface area (Å²) in [5.41, 5.74) is 1.06. The molecule has 1 N–H and O–H groups in total. The highest BCUT2D eigenvalue weighted by Gasteiger charge is 2.21. The quantitative estimate of drug-likeness (QED) is 0.743. The smallest absolute Gasteiger partial charge is 0.239 e. The van der Waals surface area contributed by atoms with Crippen LogP contribution in [0.4, 0.5) is 0 Å². The Morgan fingerprint density at radius 2 is 2.37 bits per heavy atom. The number of piperazine rings is 1. The number of hydrogen-bond acceptors (Lipinski definition) is 4. The van der Waals surface area contributed by atoms with Crippen LogP contribution in [0.1, 0.15) is 5.56 Å². The van der Waals surface area contributed by atoms with Gasteiger partial charge in [0.25, 0.3) is 0 Å². The molecule has 1 fully saturated rings. The average Bonchev–Trinajstić information content (AvgIpc) is 2.74. The number of nitrogens with one attached hydrogen (secondary N) is 1. The van der Waals surface area contributed by atoms with Crippen LogP contribution in [0.15, 0.2) is 12.4 Å². The molecule has 7 heteroatoms. The minimum Gasteiger partial charge on any atom is -0.353 e. The first-order valence-electron chi connectivity index (χ1n) is 6.25. The minimum atomic E-state index is -0.0884. The number of hydrogen-bond donors (Lipinski definition) is 1. The molecule has 1 aliphatic rings. The number of likely N-dealkylation sites (N-methyl/N-ethyl adjacent to an activating group) is 1. The summed E-state index contributed by atoms with van der Waals surface area (Å²) in [6, 6.07) is 0. The Morgan fingerprint density at radius 1 is 1.58 bits per heavy atom. The molecule has 0 atom stereocenters. The predicted octanol–water partition coefficient (Wildman–Crippen LogP) is -1.19. The molecule has 2 rings (SSSR count).